The summed E-state index contributed by atoms with van der Waals surface area (Å²) in [4.78, 5) is 13.6. The van der Waals surface area contributed by atoms with Crippen LogP contribution in [0.15, 0.2) is 33.6 Å². The fourth-order valence-electron chi connectivity index (χ4n) is 1.85. The van der Waals surface area contributed by atoms with Crippen LogP contribution in [-0.4, -0.2) is 14.8 Å². The molecular formula is C11H10N4O2. The first kappa shape index (κ1) is 9.71. The minimum Gasteiger partial charge on any atom is -0.408 e. The number of aromatic amines is 1. The molecule has 17 heavy (non-hydrogen) atoms. The quantitative estimate of drug-likeness (QED) is 0.655. The largest absolute Gasteiger partial charge is 0.417 e. The highest BCUT2D eigenvalue weighted by atomic mass is 16.4. The Morgan fingerprint density at radius 3 is 3.00 bits per heavy atom. The van der Waals surface area contributed by atoms with Crippen molar-refractivity contribution < 1.29 is 4.42 Å². The van der Waals surface area contributed by atoms with E-state index in [0.29, 0.717) is 16.9 Å². The number of H-pyrrole nitrogens is 1. The van der Waals surface area contributed by atoms with Crippen molar-refractivity contribution in [3.63, 3.8) is 0 Å². The van der Waals surface area contributed by atoms with Gasteiger partial charge >= 0.3 is 5.76 Å². The summed E-state index contributed by atoms with van der Waals surface area (Å²) in [6, 6.07) is 5.38. The van der Waals surface area contributed by atoms with Crippen LogP contribution in [0.3, 0.4) is 0 Å². The van der Waals surface area contributed by atoms with Crippen molar-refractivity contribution in [3.05, 3.63) is 34.9 Å². The number of oxazole rings is 1. The average Bonchev–Trinajstić information content (AvgIpc) is 2.78. The molecule has 3 rings (SSSR count). The Morgan fingerprint density at radius 2 is 2.29 bits per heavy atom. The van der Waals surface area contributed by atoms with Crippen LogP contribution in [-0.2, 0) is 7.05 Å². The fourth-order valence-corrected chi connectivity index (χ4v) is 1.85. The number of hydrogen-bond acceptors (Lipinski definition) is 4. The van der Waals surface area contributed by atoms with Gasteiger partial charge in [-0.25, -0.2) is 4.79 Å². The molecule has 0 amide bonds. The van der Waals surface area contributed by atoms with Crippen molar-refractivity contribution in [2.75, 3.05) is 5.73 Å². The molecule has 0 aliphatic carbocycles. The molecule has 6 nitrogen and oxygen atoms in total. The van der Waals surface area contributed by atoms with Gasteiger partial charge < -0.3 is 10.2 Å². The van der Waals surface area contributed by atoms with Crippen molar-refractivity contribution in [2.45, 2.75) is 0 Å². The number of aromatic nitrogens is 3. The Kier molecular flexibility index (Phi) is 1.85. The number of nitrogens with zero attached hydrogens (tertiary/aromatic N) is 2. The lowest BCUT2D eigenvalue weighted by molar-refractivity contribution is 0.555. The maximum absolute atomic E-state index is 11.0. The van der Waals surface area contributed by atoms with E-state index in [1.807, 2.05) is 18.3 Å². The van der Waals surface area contributed by atoms with Gasteiger partial charge in [0.1, 0.15) is 0 Å². The summed E-state index contributed by atoms with van der Waals surface area (Å²) in [6.45, 7) is 0. The van der Waals surface area contributed by atoms with Crippen molar-refractivity contribution in [2.24, 2.45) is 7.05 Å². The number of nitrogens with two attached hydrogens (primary N) is 1. The first-order valence-corrected chi connectivity index (χ1v) is 5.06. The van der Waals surface area contributed by atoms with Gasteiger partial charge in [0.2, 0.25) is 0 Å². The van der Waals surface area contributed by atoms with E-state index in [4.69, 9.17) is 10.2 Å². The highest BCUT2D eigenvalue weighted by Crippen LogP contribution is 2.26. The van der Waals surface area contributed by atoms with Crippen molar-refractivity contribution in [1.82, 2.24) is 14.8 Å². The number of aryl methyl sites for hydroxylation is 1. The molecule has 1 aromatic carbocycles. The first-order valence-electron chi connectivity index (χ1n) is 5.06. The molecule has 3 N–H and O–H groups in total. The van der Waals surface area contributed by atoms with Crippen LogP contribution in [0, 0.1) is 0 Å². The van der Waals surface area contributed by atoms with Crippen molar-refractivity contribution in [3.8, 4) is 11.1 Å². The Hall–Kier alpha value is -2.50. The molecule has 0 bridgehead atoms. The molecule has 0 atom stereocenters. The van der Waals surface area contributed by atoms with Gasteiger partial charge in [0.15, 0.2) is 11.4 Å². The zero-order chi connectivity index (χ0) is 12.0. The summed E-state index contributed by atoms with van der Waals surface area (Å²) in [6.07, 6.45) is 1.83. The smallest absolute Gasteiger partial charge is 0.408 e. The van der Waals surface area contributed by atoms with Gasteiger partial charge in [-0.1, -0.05) is 6.07 Å². The number of benzene rings is 1. The van der Waals surface area contributed by atoms with Crippen molar-refractivity contribution >= 4 is 16.9 Å². The Labute approximate surface area is 95.7 Å². The molecule has 0 saturated carbocycles. The molecule has 0 spiro atoms. The normalized spacial score (nSPS) is 11.1. The lowest BCUT2D eigenvalue weighted by Crippen LogP contribution is -1.93. The maximum atomic E-state index is 11.0. The van der Waals surface area contributed by atoms with Crippen LogP contribution < -0.4 is 11.5 Å². The molecular weight excluding hydrogens is 220 g/mol. The SMILES string of the molecule is Cn1cc(-c2ccc3oc(=O)[nH]c3c2)c(N)n1. The molecule has 0 aliphatic rings. The molecule has 86 valence electrons. The molecule has 0 radical (unpaired) electrons. The van der Waals surface area contributed by atoms with Crippen LogP contribution >= 0.6 is 0 Å². The summed E-state index contributed by atoms with van der Waals surface area (Å²) in [5, 5.41) is 4.07. The molecule has 2 aromatic heterocycles. The molecule has 0 fully saturated rings. The Morgan fingerprint density at radius 1 is 1.47 bits per heavy atom. The molecule has 0 aliphatic heterocycles. The second-order valence-corrected chi connectivity index (χ2v) is 3.83. The number of fused-ring (bicyclic) bond motifs is 1. The van der Waals surface area contributed by atoms with Gasteiger partial charge in [-0.3, -0.25) is 9.67 Å². The minimum absolute atomic E-state index is 0.456. The van der Waals surface area contributed by atoms with Gasteiger partial charge in [0.25, 0.3) is 0 Å². The molecule has 3 aromatic rings. The number of rotatable bonds is 1. The monoisotopic (exact) mass is 230 g/mol. The average molecular weight is 230 g/mol. The van der Waals surface area contributed by atoms with Crippen LogP contribution in [0.4, 0.5) is 5.82 Å². The number of hydrogen-bond donors (Lipinski definition) is 2. The fraction of sp³-hybridized carbons (Fsp3) is 0.0909. The number of anilines is 1. The molecule has 0 unspecified atom stereocenters. The highest BCUT2D eigenvalue weighted by Gasteiger charge is 2.09. The number of nitrogen functional groups attached to an aromatic ring is 1. The van der Waals surface area contributed by atoms with E-state index < -0.39 is 5.76 Å². The van der Waals surface area contributed by atoms with E-state index in [-0.39, 0.29) is 0 Å². The molecule has 2 heterocycles. The summed E-state index contributed by atoms with van der Waals surface area (Å²) < 4.78 is 6.58. The van der Waals surface area contributed by atoms with E-state index in [1.54, 1.807) is 17.8 Å². The predicted octanol–water partition coefficient (Wildman–Crippen LogP) is 1.10. The van der Waals surface area contributed by atoms with Crippen LogP contribution in [0.5, 0.6) is 0 Å². The lowest BCUT2D eigenvalue weighted by atomic mass is 10.1. The second kappa shape index (κ2) is 3.24. The maximum Gasteiger partial charge on any atom is 0.417 e. The standard InChI is InChI=1S/C11H10N4O2/c1-15-5-7(10(12)14-15)6-2-3-9-8(4-6)13-11(16)17-9/h2-5H,1H3,(H2,12,14)(H,13,16). The minimum atomic E-state index is -0.462. The highest BCUT2D eigenvalue weighted by molar-refractivity contribution is 5.83. The van der Waals surface area contributed by atoms with Gasteiger partial charge in [0.05, 0.1) is 5.52 Å². The van der Waals surface area contributed by atoms with Gasteiger partial charge in [0, 0.05) is 18.8 Å². The summed E-state index contributed by atoms with van der Waals surface area (Å²) >= 11 is 0. The molecule has 0 saturated heterocycles. The Balaban J connectivity index is 2.23. The Bertz CT molecular complexity index is 750. The second-order valence-electron chi connectivity index (χ2n) is 3.83. The van der Waals surface area contributed by atoms with E-state index in [0.717, 1.165) is 11.1 Å². The van der Waals surface area contributed by atoms with Crippen LogP contribution in [0.2, 0.25) is 0 Å². The summed E-state index contributed by atoms with van der Waals surface area (Å²) in [5.74, 6) is -0.00556. The zero-order valence-corrected chi connectivity index (χ0v) is 9.10. The van der Waals surface area contributed by atoms with E-state index >= 15 is 0 Å². The topological polar surface area (TPSA) is 89.8 Å². The summed E-state index contributed by atoms with van der Waals surface area (Å²) in [7, 11) is 1.80. The zero-order valence-electron chi connectivity index (χ0n) is 9.10. The summed E-state index contributed by atoms with van der Waals surface area (Å²) in [5.41, 5.74) is 8.69. The molecule has 6 heteroatoms. The number of nitrogens with one attached hydrogen (secondary N) is 1. The van der Waals surface area contributed by atoms with E-state index in [2.05, 4.69) is 10.1 Å². The first-order chi connectivity index (χ1) is 8.13. The van der Waals surface area contributed by atoms with E-state index in [1.165, 1.54) is 0 Å². The van der Waals surface area contributed by atoms with Gasteiger partial charge in [-0.2, -0.15) is 5.10 Å². The third kappa shape index (κ3) is 1.50. The van der Waals surface area contributed by atoms with E-state index in [9.17, 15) is 4.79 Å². The third-order valence-corrected chi connectivity index (χ3v) is 2.59. The third-order valence-electron chi connectivity index (χ3n) is 2.59. The predicted molar refractivity (Wildman–Crippen MR) is 63.4 cm³/mol. The van der Waals surface area contributed by atoms with Crippen LogP contribution in [0.25, 0.3) is 22.2 Å². The van der Waals surface area contributed by atoms with Crippen LogP contribution in [0.1, 0.15) is 0 Å². The van der Waals surface area contributed by atoms with Gasteiger partial charge in [-0.05, 0) is 17.7 Å². The lowest BCUT2D eigenvalue weighted by Gasteiger charge is -1.97. The van der Waals surface area contributed by atoms with Gasteiger partial charge in [-0.15, -0.1) is 0 Å². The van der Waals surface area contributed by atoms with Crippen molar-refractivity contribution in [1.29, 1.82) is 0 Å².